The molecule has 0 aliphatic carbocycles. The molecule has 2 aliphatic heterocycles. The van der Waals surface area contributed by atoms with Crippen LogP contribution in [0.15, 0.2) is 16.7 Å². The molecule has 3 heterocycles. The SMILES string of the molecule is FC(F)(F)c1cc(Br)nc(N2CCC3OCCNC3C2)c1. The van der Waals surface area contributed by atoms with E-state index in [0.29, 0.717) is 25.5 Å². The van der Waals surface area contributed by atoms with E-state index >= 15 is 0 Å². The standard InChI is InChI=1S/C13H15BrF3N3O/c14-11-5-8(13(15,16)17)6-12(19-11)20-3-1-10-9(7-20)18-2-4-21-10/h5-6,9-10,18H,1-4,7H2. The number of hydrogen-bond acceptors (Lipinski definition) is 4. The van der Waals surface area contributed by atoms with Gasteiger partial charge >= 0.3 is 6.18 Å². The van der Waals surface area contributed by atoms with E-state index in [0.717, 1.165) is 25.1 Å². The van der Waals surface area contributed by atoms with Crippen molar-refractivity contribution in [3.05, 3.63) is 22.3 Å². The van der Waals surface area contributed by atoms with Gasteiger partial charge in [0.15, 0.2) is 0 Å². The summed E-state index contributed by atoms with van der Waals surface area (Å²) in [5.74, 6) is 0.350. The molecule has 0 bridgehead atoms. The molecule has 2 aliphatic rings. The van der Waals surface area contributed by atoms with Gasteiger partial charge in [-0.15, -0.1) is 0 Å². The molecule has 2 saturated heterocycles. The second-order valence-corrected chi connectivity index (χ2v) is 6.05. The van der Waals surface area contributed by atoms with Gasteiger partial charge in [-0.05, 0) is 34.5 Å². The third kappa shape index (κ3) is 3.32. The van der Waals surface area contributed by atoms with E-state index in [1.807, 2.05) is 4.90 Å². The number of piperidine rings is 1. The quantitative estimate of drug-likeness (QED) is 0.775. The Hall–Kier alpha value is -0.860. The van der Waals surface area contributed by atoms with Crippen molar-refractivity contribution in [3.63, 3.8) is 0 Å². The van der Waals surface area contributed by atoms with Crippen LogP contribution in [0.2, 0.25) is 0 Å². The summed E-state index contributed by atoms with van der Waals surface area (Å²) in [6.07, 6.45) is -3.44. The normalized spacial score (nSPS) is 26.6. The van der Waals surface area contributed by atoms with E-state index in [4.69, 9.17) is 4.74 Å². The summed E-state index contributed by atoms with van der Waals surface area (Å²) in [5, 5.41) is 3.35. The highest BCUT2D eigenvalue weighted by Gasteiger charge is 2.35. The maximum atomic E-state index is 12.9. The zero-order valence-electron chi connectivity index (χ0n) is 11.2. The van der Waals surface area contributed by atoms with E-state index in [1.165, 1.54) is 0 Å². The minimum atomic E-state index is -4.37. The van der Waals surface area contributed by atoms with Crippen molar-refractivity contribution in [1.29, 1.82) is 0 Å². The number of alkyl halides is 3. The highest BCUT2D eigenvalue weighted by molar-refractivity contribution is 9.10. The number of pyridine rings is 1. The van der Waals surface area contributed by atoms with Crippen molar-refractivity contribution in [2.24, 2.45) is 0 Å². The van der Waals surface area contributed by atoms with Crippen LogP contribution in [0.25, 0.3) is 0 Å². The van der Waals surface area contributed by atoms with Crippen LogP contribution in [0, 0.1) is 0 Å². The summed E-state index contributed by atoms with van der Waals surface area (Å²) >= 11 is 3.06. The molecule has 8 heteroatoms. The first-order valence-corrected chi connectivity index (χ1v) is 7.57. The van der Waals surface area contributed by atoms with E-state index in [1.54, 1.807) is 0 Å². The molecule has 0 amide bonds. The molecular weight excluding hydrogens is 351 g/mol. The van der Waals surface area contributed by atoms with Crippen molar-refractivity contribution in [2.75, 3.05) is 31.1 Å². The first-order chi connectivity index (χ1) is 9.93. The third-order valence-electron chi connectivity index (χ3n) is 3.82. The zero-order valence-corrected chi connectivity index (χ0v) is 12.7. The van der Waals surface area contributed by atoms with Crippen molar-refractivity contribution in [1.82, 2.24) is 10.3 Å². The fourth-order valence-electron chi connectivity index (χ4n) is 2.80. The number of nitrogens with one attached hydrogen (secondary N) is 1. The van der Waals surface area contributed by atoms with Crippen LogP contribution < -0.4 is 10.2 Å². The van der Waals surface area contributed by atoms with Crippen LogP contribution in [0.5, 0.6) is 0 Å². The van der Waals surface area contributed by atoms with Gasteiger partial charge in [-0.1, -0.05) is 0 Å². The van der Waals surface area contributed by atoms with E-state index in [2.05, 4.69) is 26.2 Å². The number of aromatic nitrogens is 1. The summed E-state index contributed by atoms with van der Waals surface area (Å²) in [6.45, 7) is 2.71. The predicted molar refractivity (Wildman–Crippen MR) is 75.3 cm³/mol. The number of ether oxygens (including phenoxy) is 1. The van der Waals surface area contributed by atoms with Crippen molar-refractivity contribution in [3.8, 4) is 0 Å². The van der Waals surface area contributed by atoms with Gasteiger partial charge < -0.3 is 15.0 Å². The summed E-state index contributed by atoms with van der Waals surface area (Å²) in [5.41, 5.74) is -0.686. The van der Waals surface area contributed by atoms with E-state index in [9.17, 15) is 13.2 Å². The lowest BCUT2D eigenvalue weighted by atomic mass is 10.0. The Bertz CT molecular complexity index is 526. The molecule has 0 aromatic carbocycles. The number of morpholine rings is 1. The van der Waals surface area contributed by atoms with Crippen LogP contribution in [0.4, 0.5) is 19.0 Å². The smallest absolute Gasteiger partial charge is 0.375 e. The Labute approximate surface area is 128 Å². The van der Waals surface area contributed by atoms with Gasteiger partial charge in [-0.2, -0.15) is 13.2 Å². The molecule has 4 nitrogen and oxygen atoms in total. The Morgan fingerprint density at radius 1 is 1.38 bits per heavy atom. The third-order valence-corrected chi connectivity index (χ3v) is 4.23. The van der Waals surface area contributed by atoms with Crippen LogP contribution in [-0.2, 0) is 10.9 Å². The molecule has 3 rings (SSSR count). The average molecular weight is 366 g/mol. The minimum absolute atomic E-state index is 0.141. The molecule has 116 valence electrons. The fourth-order valence-corrected chi connectivity index (χ4v) is 3.23. The highest BCUT2D eigenvalue weighted by Crippen LogP contribution is 2.33. The van der Waals surface area contributed by atoms with Gasteiger partial charge in [0.1, 0.15) is 10.4 Å². The van der Waals surface area contributed by atoms with Gasteiger partial charge in [0.25, 0.3) is 0 Å². The molecule has 1 aromatic rings. The second-order valence-electron chi connectivity index (χ2n) is 5.24. The Balaban J connectivity index is 1.82. The summed E-state index contributed by atoms with van der Waals surface area (Å²) in [6, 6.07) is 2.25. The first-order valence-electron chi connectivity index (χ1n) is 6.78. The van der Waals surface area contributed by atoms with Gasteiger partial charge in [0.05, 0.1) is 24.3 Å². The highest BCUT2D eigenvalue weighted by atomic mass is 79.9. The first kappa shape index (κ1) is 15.1. The van der Waals surface area contributed by atoms with Crippen molar-refractivity contribution >= 4 is 21.7 Å². The Kier molecular flexibility index (Phi) is 4.11. The molecule has 2 unspecified atom stereocenters. The number of nitrogens with zero attached hydrogens (tertiary/aromatic N) is 2. The van der Waals surface area contributed by atoms with Gasteiger partial charge in [-0.3, -0.25) is 0 Å². The average Bonchev–Trinajstić information content (AvgIpc) is 2.45. The predicted octanol–water partition coefficient (Wildman–Crippen LogP) is 2.43. The van der Waals surface area contributed by atoms with Crippen LogP contribution in [-0.4, -0.2) is 43.4 Å². The molecule has 2 atom stereocenters. The Morgan fingerprint density at radius 2 is 2.19 bits per heavy atom. The van der Waals surface area contributed by atoms with Crippen LogP contribution >= 0.6 is 15.9 Å². The topological polar surface area (TPSA) is 37.4 Å². The number of rotatable bonds is 1. The molecule has 0 saturated carbocycles. The molecule has 2 fully saturated rings. The van der Waals surface area contributed by atoms with Gasteiger partial charge in [-0.25, -0.2) is 4.98 Å². The minimum Gasteiger partial charge on any atom is -0.375 e. The molecule has 0 radical (unpaired) electrons. The Morgan fingerprint density at radius 3 is 2.95 bits per heavy atom. The lowest BCUT2D eigenvalue weighted by Crippen LogP contribution is -2.58. The van der Waals surface area contributed by atoms with Crippen LogP contribution in [0.1, 0.15) is 12.0 Å². The number of halogens is 4. The molecule has 21 heavy (non-hydrogen) atoms. The molecule has 0 spiro atoms. The fraction of sp³-hybridized carbons (Fsp3) is 0.615. The van der Waals surface area contributed by atoms with Crippen molar-refractivity contribution in [2.45, 2.75) is 24.7 Å². The van der Waals surface area contributed by atoms with Crippen molar-refractivity contribution < 1.29 is 17.9 Å². The maximum absolute atomic E-state index is 12.9. The monoisotopic (exact) mass is 365 g/mol. The lowest BCUT2D eigenvalue weighted by Gasteiger charge is -2.42. The largest absolute Gasteiger partial charge is 0.416 e. The maximum Gasteiger partial charge on any atom is 0.416 e. The number of fused-ring (bicyclic) bond motifs is 1. The molecule has 1 N–H and O–H groups in total. The van der Waals surface area contributed by atoms with Gasteiger partial charge in [0, 0.05) is 19.6 Å². The number of anilines is 1. The van der Waals surface area contributed by atoms with E-state index in [-0.39, 0.29) is 16.7 Å². The molecule has 1 aromatic heterocycles. The summed E-state index contributed by atoms with van der Waals surface area (Å²) in [4.78, 5) is 6.06. The van der Waals surface area contributed by atoms with Crippen LogP contribution in [0.3, 0.4) is 0 Å². The van der Waals surface area contributed by atoms with E-state index < -0.39 is 11.7 Å². The zero-order chi connectivity index (χ0) is 15.0. The van der Waals surface area contributed by atoms with Gasteiger partial charge in [0.2, 0.25) is 0 Å². The summed E-state index contributed by atoms with van der Waals surface area (Å²) in [7, 11) is 0. The number of hydrogen-bond donors (Lipinski definition) is 1. The lowest BCUT2D eigenvalue weighted by molar-refractivity contribution is -0.137. The molecular formula is C13H15BrF3N3O. The second kappa shape index (κ2) is 5.73. The summed E-state index contributed by atoms with van der Waals surface area (Å²) < 4.78 is 44.5.